The van der Waals surface area contributed by atoms with Crippen LogP contribution in [0.15, 0.2) is 12.2 Å². The van der Waals surface area contributed by atoms with E-state index in [4.69, 9.17) is 12.2 Å². The quantitative estimate of drug-likeness (QED) is 0.522. The number of rotatable bonds is 2. The normalized spacial score (nSPS) is 25.4. The van der Waals surface area contributed by atoms with E-state index >= 15 is 0 Å². The number of nitrogens with one attached hydrogen (secondary N) is 1. The molecule has 68 valence electrons. The standard InChI is InChI=1S/C10H17NS/c1-2-3-6-9-7-4-5-8-11-10(9)12/h2-3,9H,4-8H2,1H3,(H,11,12)/b3-2+. The molecule has 0 aromatic heterocycles. The van der Waals surface area contributed by atoms with Crippen molar-refractivity contribution in [3.05, 3.63) is 12.2 Å². The highest BCUT2D eigenvalue weighted by Crippen LogP contribution is 2.17. The molecule has 1 N–H and O–H groups in total. The predicted molar refractivity (Wildman–Crippen MR) is 57.4 cm³/mol. The van der Waals surface area contributed by atoms with Crippen LogP contribution in [0.4, 0.5) is 0 Å². The van der Waals surface area contributed by atoms with Crippen LogP contribution >= 0.6 is 12.2 Å². The SMILES string of the molecule is C/C=C/CC1CCCCNC1=S. The maximum absolute atomic E-state index is 5.28. The van der Waals surface area contributed by atoms with Crippen LogP contribution in [-0.4, -0.2) is 11.5 Å². The van der Waals surface area contributed by atoms with Crippen molar-refractivity contribution in [2.24, 2.45) is 5.92 Å². The molecular weight excluding hydrogens is 166 g/mol. The van der Waals surface area contributed by atoms with E-state index in [1.54, 1.807) is 0 Å². The monoisotopic (exact) mass is 183 g/mol. The Hall–Kier alpha value is -0.370. The van der Waals surface area contributed by atoms with Gasteiger partial charge in [0.15, 0.2) is 0 Å². The first-order chi connectivity index (χ1) is 5.84. The average molecular weight is 183 g/mol. The van der Waals surface area contributed by atoms with Gasteiger partial charge in [-0.1, -0.05) is 30.8 Å². The van der Waals surface area contributed by atoms with E-state index < -0.39 is 0 Å². The highest BCUT2D eigenvalue weighted by Gasteiger charge is 2.14. The van der Waals surface area contributed by atoms with Crippen LogP contribution < -0.4 is 5.32 Å². The van der Waals surface area contributed by atoms with Crippen molar-refractivity contribution in [3.8, 4) is 0 Å². The molecule has 0 aromatic carbocycles. The Labute approximate surface area is 80.2 Å². The van der Waals surface area contributed by atoms with Gasteiger partial charge in [-0.2, -0.15) is 0 Å². The highest BCUT2D eigenvalue weighted by atomic mass is 32.1. The summed E-state index contributed by atoms with van der Waals surface area (Å²) < 4.78 is 0. The van der Waals surface area contributed by atoms with Gasteiger partial charge >= 0.3 is 0 Å². The van der Waals surface area contributed by atoms with Gasteiger partial charge in [0.2, 0.25) is 0 Å². The fourth-order valence-corrected chi connectivity index (χ4v) is 1.84. The first kappa shape index (κ1) is 9.72. The van der Waals surface area contributed by atoms with E-state index in [1.165, 1.54) is 19.3 Å². The molecule has 1 rings (SSSR count). The molecule has 1 saturated heterocycles. The lowest BCUT2D eigenvalue weighted by Gasteiger charge is -2.12. The molecule has 1 aliphatic rings. The Morgan fingerprint density at radius 2 is 2.42 bits per heavy atom. The Morgan fingerprint density at radius 3 is 3.17 bits per heavy atom. The average Bonchev–Trinajstić information content (AvgIpc) is 2.27. The van der Waals surface area contributed by atoms with Gasteiger partial charge < -0.3 is 5.32 Å². The lowest BCUT2D eigenvalue weighted by Crippen LogP contribution is -2.26. The second-order valence-electron chi connectivity index (χ2n) is 3.29. The van der Waals surface area contributed by atoms with Crippen molar-refractivity contribution in [1.82, 2.24) is 5.32 Å². The first-order valence-corrected chi connectivity index (χ1v) is 5.14. The van der Waals surface area contributed by atoms with Gasteiger partial charge in [0.25, 0.3) is 0 Å². The highest BCUT2D eigenvalue weighted by molar-refractivity contribution is 7.80. The lowest BCUT2D eigenvalue weighted by atomic mass is 9.99. The van der Waals surface area contributed by atoms with Gasteiger partial charge in [-0.25, -0.2) is 0 Å². The molecule has 0 radical (unpaired) electrons. The lowest BCUT2D eigenvalue weighted by molar-refractivity contribution is 0.607. The summed E-state index contributed by atoms with van der Waals surface area (Å²) >= 11 is 5.28. The van der Waals surface area contributed by atoms with Crippen LogP contribution in [0.1, 0.15) is 32.6 Å². The molecule has 1 fully saturated rings. The van der Waals surface area contributed by atoms with E-state index in [0.717, 1.165) is 18.0 Å². The van der Waals surface area contributed by atoms with Crippen molar-refractivity contribution in [3.63, 3.8) is 0 Å². The maximum Gasteiger partial charge on any atom is 0.0787 e. The summed E-state index contributed by atoms with van der Waals surface area (Å²) in [5.74, 6) is 0.596. The maximum atomic E-state index is 5.28. The van der Waals surface area contributed by atoms with Gasteiger partial charge in [0, 0.05) is 12.5 Å². The van der Waals surface area contributed by atoms with Gasteiger partial charge in [0.05, 0.1) is 4.99 Å². The molecule has 0 aromatic rings. The fourth-order valence-electron chi connectivity index (χ4n) is 1.53. The fraction of sp³-hybridized carbons (Fsp3) is 0.700. The zero-order valence-corrected chi connectivity index (χ0v) is 8.49. The molecule has 1 unspecified atom stereocenters. The molecule has 0 aliphatic carbocycles. The third-order valence-electron chi connectivity index (χ3n) is 2.31. The summed E-state index contributed by atoms with van der Waals surface area (Å²) in [5.41, 5.74) is 0. The number of hydrogen-bond acceptors (Lipinski definition) is 1. The van der Waals surface area contributed by atoms with Crippen molar-refractivity contribution in [2.45, 2.75) is 32.6 Å². The molecule has 0 amide bonds. The van der Waals surface area contributed by atoms with E-state index in [9.17, 15) is 0 Å². The van der Waals surface area contributed by atoms with Crippen LogP contribution in [-0.2, 0) is 0 Å². The molecule has 0 spiro atoms. The van der Waals surface area contributed by atoms with Crippen LogP contribution in [0, 0.1) is 5.92 Å². The summed E-state index contributed by atoms with van der Waals surface area (Å²) in [6.45, 7) is 3.14. The molecule has 1 nitrogen and oxygen atoms in total. The molecule has 1 atom stereocenters. The van der Waals surface area contributed by atoms with Gasteiger partial charge in [-0.05, 0) is 26.2 Å². The van der Waals surface area contributed by atoms with Crippen molar-refractivity contribution < 1.29 is 0 Å². The Kier molecular flexibility index (Phi) is 4.30. The van der Waals surface area contributed by atoms with E-state index in [1.807, 2.05) is 0 Å². The van der Waals surface area contributed by atoms with Crippen LogP contribution in [0.3, 0.4) is 0 Å². The van der Waals surface area contributed by atoms with Crippen LogP contribution in [0.5, 0.6) is 0 Å². The summed E-state index contributed by atoms with van der Waals surface area (Å²) in [5, 5.41) is 3.30. The van der Waals surface area contributed by atoms with E-state index in [0.29, 0.717) is 5.92 Å². The van der Waals surface area contributed by atoms with E-state index in [-0.39, 0.29) is 0 Å². The molecule has 2 heteroatoms. The minimum Gasteiger partial charge on any atom is -0.379 e. The number of hydrogen-bond donors (Lipinski definition) is 1. The van der Waals surface area contributed by atoms with Gasteiger partial charge in [0.1, 0.15) is 0 Å². The summed E-state index contributed by atoms with van der Waals surface area (Å²) in [7, 11) is 0. The minimum absolute atomic E-state index is 0.596. The van der Waals surface area contributed by atoms with Gasteiger partial charge in [-0.15, -0.1) is 0 Å². The van der Waals surface area contributed by atoms with Gasteiger partial charge in [-0.3, -0.25) is 0 Å². The smallest absolute Gasteiger partial charge is 0.0787 e. The molecule has 12 heavy (non-hydrogen) atoms. The summed E-state index contributed by atoms with van der Waals surface area (Å²) in [6, 6.07) is 0. The zero-order chi connectivity index (χ0) is 8.81. The summed E-state index contributed by atoms with van der Waals surface area (Å²) in [6.07, 6.45) is 9.28. The second-order valence-corrected chi connectivity index (χ2v) is 3.73. The topological polar surface area (TPSA) is 12.0 Å². The zero-order valence-electron chi connectivity index (χ0n) is 7.68. The summed E-state index contributed by atoms with van der Waals surface area (Å²) in [4.78, 5) is 1.07. The third-order valence-corrected chi connectivity index (χ3v) is 2.78. The number of allylic oxidation sites excluding steroid dienone is 2. The molecule has 1 heterocycles. The molecule has 0 saturated carbocycles. The van der Waals surface area contributed by atoms with Crippen molar-refractivity contribution in [1.29, 1.82) is 0 Å². The van der Waals surface area contributed by atoms with Crippen LogP contribution in [0.25, 0.3) is 0 Å². The molecule has 1 aliphatic heterocycles. The second kappa shape index (κ2) is 5.31. The number of thiocarbonyl (C=S) groups is 1. The first-order valence-electron chi connectivity index (χ1n) is 4.73. The Morgan fingerprint density at radius 1 is 1.58 bits per heavy atom. The molecular formula is C10H17NS. The minimum atomic E-state index is 0.596. The predicted octanol–water partition coefficient (Wildman–Crippen LogP) is 2.67. The molecule has 0 bridgehead atoms. The van der Waals surface area contributed by atoms with Crippen LogP contribution in [0.2, 0.25) is 0 Å². The third kappa shape index (κ3) is 2.94. The largest absolute Gasteiger partial charge is 0.379 e. The Balaban J connectivity index is 2.42. The van der Waals surface area contributed by atoms with Crippen molar-refractivity contribution in [2.75, 3.05) is 6.54 Å². The van der Waals surface area contributed by atoms with Crippen molar-refractivity contribution >= 4 is 17.2 Å². The van der Waals surface area contributed by atoms with E-state index in [2.05, 4.69) is 24.4 Å². The Bertz CT molecular complexity index is 175.